The van der Waals surface area contributed by atoms with Gasteiger partial charge in [0.2, 0.25) is 0 Å². The predicted octanol–water partition coefficient (Wildman–Crippen LogP) is 2.99. The van der Waals surface area contributed by atoms with Crippen molar-refractivity contribution in [1.29, 1.82) is 0 Å². The molecule has 0 spiro atoms. The standard InChI is InChI=1S/C13H24N2OS/c1-9(2)5-11(6-10(3)4)14-7-12-8-17-13(16)15-12/h8-11,14H,5-7H2,1-4H3,(H,15,16). The predicted molar refractivity (Wildman–Crippen MR) is 74.5 cm³/mol. The zero-order chi connectivity index (χ0) is 12.8. The molecule has 1 aromatic heterocycles. The van der Waals surface area contributed by atoms with Gasteiger partial charge in [-0.15, -0.1) is 0 Å². The average molecular weight is 256 g/mol. The summed E-state index contributed by atoms with van der Waals surface area (Å²) in [6.45, 7) is 9.77. The second kappa shape index (κ2) is 6.97. The third-order valence-electron chi connectivity index (χ3n) is 2.66. The maximum atomic E-state index is 11.0. The van der Waals surface area contributed by atoms with Crippen molar-refractivity contribution >= 4 is 11.3 Å². The van der Waals surface area contributed by atoms with E-state index in [1.54, 1.807) is 0 Å². The van der Waals surface area contributed by atoms with Crippen molar-refractivity contribution < 1.29 is 0 Å². The van der Waals surface area contributed by atoms with Gasteiger partial charge in [-0.1, -0.05) is 39.0 Å². The Labute approximate surface area is 108 Å². The molecule has 0 aliphatic carbocycles. The van der Waals surface area contributed by atoms with Gasteiger partial charge in [-0.05, 0) is 24.7 Å². The highest BCUT2D eigenvalue weighted by Crippen LogP contribution is 2.13. The van der Waals surface area contributed by atoms with Gasteiger partial charge in [0.25, 0.3) is 0 Å². The molecule has 1 heterocycles. The largest absolute Gasteiger partial charge is 0.315 e. The van der Waals surface area contributed by atoms with Crippen LogP contribution in [0.4, 0.5) is 0 Å². The smallest absolute Gasteiger partial charge is 0.304 e. The number of aromatic nitrogens is 1. The van der Waals surface area contributed by atoms with Crippen LogP contribution in [-0.4, -0.2) is 11.0 Å². The molecule has 0 fully saturated rings. The van der Waals surface area contributed by atoms with E-state index in [2.05, 4.69) is 38.0 Å². The number of rotatable bonds is 7. The Morgan fingerprint density at radius 1 is 1.24 bits per heavy atom. The molecule has 0 aliphatic rings. The van der Waals surface area contributed by atoms with E-state index < -0.39 is 0 Å². The first-order valence-corrected chi connectivity index (χ1v) is 7.25. The molecule has 98 valence electrons. The highest BCUT2D eigenvalue weighted by Gasteiger charge is 2.12. The molecule has 4 heteroatoms. The molecule has 0 amide bonds. The van der Waals surface area contributed by atoms with Crippen molar-refractivity contribution in [3.63, 3.8) is 0 Å². The molecule has 17 heavy (non-hydrogen) atoms. The van der Waals surface area contributed by atoms with E-state index in [0.717, 1.165) is 12.2 Å². The third-order valence-corrected chi connectivity index (χ3v) is 3.38. The molecule has 0 radical (unpaired) electrons. The molecule has 1 rings (SSSR count). The van der Waals surface area contributed by atoms with Crippen LogP contribution in [0.15, 0.2) is 10.2 Å². The first kappa shape index (κ1) is 14.5. The molecular weight excluding hydrogens is 232 g/mol. The van der Waals surface area contributed by atoms with Crippen LogP contribution in [0.5, 0.6) is 0 Å². The van der Waals surface area contributed by atoms with Crippen molar-refractivity contribution in [3.8, 4) is 0 Å². The van der Waals surface area contributed by atoms with Crippen LogP contribution in [-0.2, 0) is 6.54 Å². The SMILES string of the molecule is CC(C)CC(CC(C)C)NCc1csc(=O)[nH]1. The van der Waals surface area contributed by atoms with Gasteiger partial charge in [-0.2, -0.15) is 0 Å². The Morgan fingerprint density at radius 3 is 2.24 bits per heavy atom. The molecule has 0 atom stereocenters. The minimum Gasteiger partial charge on any atom is -0.315 e. The molecule has 0 aromatic carbocycles. The summed E-state index contributed by atoms with van der Waals surface area (Å²) >= 11 is 1.23. The summed E-state index contributed by atoms with van der Waals surface area (Å²) in [7, 11) is 0. The van der Waals surface area contributed by atoms with Gasteiger partial charge in [0.1, 0.15) is 0 Å². The minimum absolute atomic E-state index is 0.0334. The second-order valence-electron chi connectivity index (χ2n) is 5.51. The van der Waals surface area contributed by atoms with Crippen LogP contribution in [0.3, 0.4) is 0 Å². The molecule has 0 saturated heterocycles. The molecule has 0 aliphatic heterocycles. The Bertz CT molecular complexity index is 357. The maximum absolute atomic E-state index is 11.0. The molecule has 2 N–H and O–H groups in total. The fourth-order valence-electron chi connectivity index (χ4n) is 2.06. The number of aromatic amines is 1. The Hall–Kier alpha value is -0.610. The number of nitrogens with one attached hydrogen (secondary N) is 2. The van der Waals surface area contributed by atoms with E-state index in [4.69, 9.17) is 0 Å². The summed E-state index contributed by atoms with van der Waals surface area (Å²) < 4.78 is 0. The first-order chi connectivity index (χ1) is 7.97. The van der Waals surface area contributed by atoms with Crippen molar-refractivity contribution in [2.75, 3.05) is 0 Å². The van der Waals surface area contributed by atoms with Crippen LogP contribution in [0.25, 0.3) is 0 Å². The number of thiazole rings is 1. The Morgan fingerprint density at radius 2 is 1.82 bits per heavy atom. The van der Waals surface area contributed by atoms with Crippen LogP contribution < -0.4 is 10.2 Å². The van der Waals surface area contributed by atoms with Crippen LogP contribution in [0.1, 0.15) is 46.2 Å². The van der Waals surface area contributed by atoms with Crippen LogP contribution in [0, 0.1) is 11.8 Å². The zero-order valence-electron chi connectivity index (χ0n) is 11.2. The van der Waals surface area contributed by atoms with E-state index in [0.29, 0.717) is 17.9 Å². The highest BCUT2D eigenvalue weighted by molar-refractivity contribution is 7.07. The maximum Gasteiger partial charge on any atom is 0.304 e. The van der Waals surface area contributed by atoms with Crippen molar-refractivity contribution in [1.82, 2.24) is 10.3 Å². The van der Waals surface area contributed by atoms with Gasteiger partial charge in [0.15, 0.2) is 0 Å². The molecule has 0 saturated carbocycles. The first-order valence-electron chi connectivity index (χ1n) is 6.37. The molecule has 0 unspecified atom stereocenters. The number of hydrogen-bond donors (Lipinski definition) is 2. The highest BCUT2D eigenvalue weighted by atomic mass is 32.1. The lowest BCUT2D eigenvalue weighted by Gasteiger charge is -2.22. The van der Waals surface area contributed by atoms with Gasteiger partial charge >= 0.3 is 4.87 Å². The molecule has 3 nitrogen and oxygen atoms in total. The summed E-state index contributed by atoms with van der Waals surface area (Å²) in [5, 5.41) is 5.45. The van der Waals surface area contributed by atoms with E-state index in [-0.39, 0.29) is 4.87 Å². The van der Waals surface area contributed by atoms with E-state index >= 15 is 0 Å². The molecule has 0 bridgehead atoms. The summed E-state index contributed by atoms with van der Waals surface area (Å²) in [6, 6.07) is 0.540. The summed E-state index contributed by atoms with van der Waals surface area (Å²) in [5.41, 5.74) is 0.998. The quantitative estimate of drug-likeness (QED) is 0.787. The van der Waals surface area contributed by atoms with E-state index in [1.165, 1.54) is 24.2 Å². The molecule has 1 aromatic rings. The number of H-pyrrole nitrogens is 1. The van der Waals surface area contributed by atoms with Crippen molar-refractivity contribution in [2.45, 2.75) is 53.1 Å². The van der Waals surface area contributed by atoms with Gasteiger partial charge in [-0.3, -0.25) is 4.79 Å². The lowest BCUT2D eigenvalue weighted by Crippen LogP contribution is -2.31. The topological polar surface area (TPSA) is 44.9 Å². The number of hydrogen-bond acceptors (Lipinski definition) is 3. The van der Waals surface area contributed by atoms with Crippen molar-refractivity contribution in [2.24, 2.45) is 11.8 Å². The Kier molecular flexibility index (Phi) is 5.92. The lowest BCUT2D eigenvalue weighted by atomic mass is 9.95. The summed E-state index contributed by atoms with van der Waals surface area (Å²) in [5.74, 6) is 1.40. The van der Waals surface area contributed by atoms with Gasteiger partial charge in [0.05, 0.1) is 0 Å². The van der Waals surface area contributed by atoms with Crippen LogP contribution in [0.2, 0.25) is 0 Å². The van der Waals surface area contributed by atoms with Crippen LogP contribution >= 0.6 is 11.3 Å². The lowest BCUT2D eigenvalue weighted by molar-refractivity contribution is 0.357. The Balaban J connectivity index is 2.45. The van der Waals surface area contributed by atoms with Crippen molar-refractivity contribution in [3.05, 3.63) is 20.7 Å². The zero-order valence-corrected chi connectivity index (χ0v) is 12.1. The van der Waals surface area contributed by atoms with Gasteiger partial charge < -0.3 is 10.3 Å². The third kappa shape index (κ3) is 6.03. The van der Waals surface area contributed by atoms with E-state index in [1.807, 2.05) is 5.38 Å². The van der Waals surface area contributed by atoms with Gasteiger partial charge in [0, 0.05) is 23.7 Å². The monoisotopic (exact) mass is 256 g/mol. The normalized spacial score (nSPS) is 11.9. The summed E-state index contributed by atoms with van der Waals surface area (Å²) in [4.78, 5) is 13.9. The second-order valence-corrected chi connectivity index (χ2v) is 6.35. The minimum atomic E-state index is 0.0334. The summed E-state index contributed by atoms with van der Waals surface area (Å²) in [6.07, 6.45) is 2.37. The molecular formula is C13H24N2OS. The average Bonchev–Trinajstić information content (AvgIpc) is 2.59. The van der Waals surface area contributed by atoms with E-state index in [9.17, 15) is 4.79 Å². The fraction of sp³-hybridized carbons (Fsp3) is 0.769. The fourth-order valence-corrected chi connectivity index (χ4v) is 2.64. The van der Waals surface area contributed by atoms with Gasteiger partial charge in [-0.25, -0.2) is 0 Å².